The van der Waals surface area contributed by atoms with E-state index in [0.29, 0.717) is 11.8 Å². The fraction of sp³-hybridized carbons (Fsp3) is 0.692. The zero-order chi connectivity index (χ0) is 23.1. The van der Waals surface area contributed by atoms with Crippen LogP contribution in [0.1, 0.15) is 88.7 Å². The van der Waals surface area contributed by atoms with E-state index in [1.807, 2.05) is 0 Å². The minimum atomic E-state index is -1.56. The van der Waals surface area contributed by atoms with E-state index in [1.54, 1.807) is 0 Å². The van der Waals surface area contributed by atoms with Crippen LogP contribution in [0.15, 0.2) is 24.3 Å². The SMILES string of the molecule is C[C@H](F)C(=O)O[C@H]1CC[C@H](CCc2ccc([C@H]3CC[C@H](OC(=O)[C@H](C)F)CC3)cc2)CC1. The van der Waals surface area contributed by atoms with Crippen LogP contribution in [0.4, 0.5) is 8.78 Å². The fourth-order valence-corrected chi connectivity index (χ4v) is 4.90. The van der Waals surface area contributed by atoms with Gasteiger partial charge >= 0.3 is 11.9 Å². The second kappa shape index (κ2) is 11.8. The molecule has 6 heteroatoms. The second-order valence-corrected chi connectivity index (χ2v) is 9.50. The average Bonchev–Trinajstić information content (AvgIpc) is 2.79. The molecule has 0 radical (unpaired) electrons. The zero-order valence-electron chi connectivity index (χ0n) is 19.2. The maximum absolute atomic E-state index is 13.0. The Balaban J connectivity index is 1.37. The molecule has 0 amide bonds. The topological polar surface area (TPSA) is 52.6 Å². The van der Waals surface area contributed by atoms with Gasteiger partial charge in [-0.25, -0.2) is 18.4 Å². The number of carbonyl (C=O) groups is 2. The molecule has 0 N–H and O–H groups in total. The third-order valence-corrected chi connectivity index (χ3v) is 6.98. The first-order valence-corrected chi connectivity index (χ1v) is 12.1. The predicted molar refractivity (Wildman–Crippen MR) is 119 cm³/mol. The molecule has 2 aliphatic carbocycles. The number of ether oxygens (including phenoxy) is 2. The largest absolute Gasteiger partial charge is 0.460 e. The third kappa shape index (κ3) is 7.28. The quantitative estimate of drug-likeness (QED) is 0.456. The summed E-state index contributed by atoms with van der Waals surface area (Å²) in [5.41, 5.74) is 2.65. The Hall–Kier alpha value is -1.98. The van der Waals surface area contributed by atoms with Gasteiger partial charge in [-0.1, -0.05) is 24.3 Å². The number of aryl methyl sites for hydroxylation is 1. The first-order valence-electron chi connectivity index (χ1n) is 12.1. The van der Waals surface area contributed by atoms with E-state index in [0.717, 1.165) is 64.2 Å². The van der Waals surface area contributed by atoms with E-state index in [1.165, 1.54) is 25.0 Å². The molecule has 2 saturated carbocycles. The molecule has 0 heterocycles. The van der Waals surface area contributed by atoms with Gasteiger partial charge in [0.05, 0.1) is 0 Å². The van der Waals surface area contributed by atoms with E-state index in [2.05, 4.69) is 24.3 Å². The summed E-state index contributed by atoms with van der Waals surface area (Å²) in [6, 6.07) is 8.85. The van der Waals surface area contributed by atoms with E-state index >= 15 is 0 Å². The summed E-state index contributed by atoms with van der Waals surface area (Å²) in [6.45, 7) is 2.43. The van der Waals surface area contributed by atoms with Gasteiger partial charge in [-0.2, -0.15) is 0 Å². The molecular formula is C26H36F2O4. The maximum atomic E-state index is 13.0. The van der Waals surface area contributed by atoms with Crippen molar-refractivity contribution in [3.8, 4) is 0 Å². The van der Waals surface area contributed by atoms with Crippen molar-refractivity contribution in [2.75, 3.05) is 0 Å². The van der Waals surface area contributed by atoms with Gasteiger partial charge in [0.2, 0.25) is 0 Å². The molecule has 0 aromatic heterocycles. The molecule has 0 unspecified atom stereocenters. The molecule has 0 aliphatic heterocycles. The Bertz CT molecular complexity index is 731. The lowest BCUT2D eigenvalue weighted by Gasteiger charge is -2.29. The van der Waals surface area contributed by atoms with Crippen LogP contribution in [0.5, 0.6) is 0 Å². The summed E-state index contributed by atoms with van der Waals surface area (Å²) in [5.74, 6) is -0.400. The van der Waals surface area contributed by atoms with E-state index < -0.39 is 24.3 Å². The van der Waals surface area contributed by atoms with Crippen molar-refractivity contribution in [3.05, 3.63) is 35.4 Å². The van der Waals surface area contributed by atoms with Crippen molar-refractivity contribution in [1.29, 1.82) is 0 Å². The Morgan fingerprint density at radius 3 is 1.75 bits per heavy atom. The van der Waals surface area contributed by atoms with Gasteiger partial charge in [-0.15, -0.1) is 0 Å². The van der Waals surface area contributed by atoms with Crippen molar-refractivity contribution in [3.63, 3.8) is 0 Å². The van der Waals surface area contributed by atoms with Crippen LogP contribution in [-0.2, 0) is 25.5 Å². The molecule has 178 valence electrons. The molecule has 3 rings (SSSR count). The number of esters is 2. The highest BCUT2D eigenvalue weighted by atomic mass is 19.1. The average molecular weight is 451 g/mol. The third-order valence-electron chi connectivity index (χ3n) is 6.98. The Morgan fingerprint density at radius 2 is 1.28 bits per heavy atom. The summed E-state index contributed by atoms with van der Waals surface area (Å²) < 4.78 is 36.4. The van der Waals surface area contributed by atoms with E-state index in [9.17, 15) is 18.4 Å². The number of alkyl halides is 2. The van der Waals surface area contributed by atoms with Gasteiger partial charge in [0, 0.05) is 0 Å². The summed E-state index contributed by atoms with van der Waals surface area (Å²) in [6.07, 6.45) is 5.91. The van der Waals surface area contributed by atoms with Gasteiger partial charge in [0.15, 0.2) is 12.3 Å². The van der Waals surface area contributed by atoms with Crippen molar-refractivity contribution in [2.45, 2.75) is 109 Å². The van der Waals surface area contributed by atoms with Gasteiger partial charge in [0.1, 0.15) is 12.2 Å². The van der Waals surface area contributed by atoms with Gasteiger partial charge < -0.3 is 9.47 Å². The highest BCUT2D eigenvalue weighted by molar-refractivity contribution is 5.74. The van der Waals surface area contributed by atoms with Crippen molar-refractivity contribution >= 4 is 11.9 Å². The van der Waals surface area contributed by atoms with Crippen molar-refractivity contribution < 1.29 is 27.8 Å². The monoisotopic (exact) mass is 450 g/mol. The predicted octanol–water partition coefficient (Wildman–Crippen LogP) is 6.01. The molecule has 1 aromatic carbocycles. The lowest BCUT2D eigenvalue weighted by atomic mass is 9.81. The summed E-state index contributed by atoms with van der Waals surface area (Å²) in [4.78, 5) is 22.8. The molecule has 0 bridgehead atoms. The number of benzene rings is 1. The Morgan fingerprint density at radius 1 is 0.812 bits per heavy atom. The minimum absolute atomic E-state index is 0.129. The highest BCUT2D eigenvalue weighted by Crippen LogP contribution is 2.35. The van der Waals surface area contributed by atoms with Crippen LogP contribution in [-0.4, -0.2) is 36.5 Å². The molecule has 0 spiro atoms. The van der Waals surface area contributed by atoms with Crippen LogP contribution in [0, 0.1) is 5.92 Å². The van der Waals surface area contributed by atoms with Crippen molar-refractivity contribution in [1.82, 2.24) is 0 Å². The van der Waals surface area contributed by atoms with Crippen LogP contribution in [0.25, 0.3) is 0 Å². The maximum Gasteiger partial charge on any atom is 0.340 e. The minimum Gasteiger partial charge on any atom is -0.460 e. The highest BCUT2D eigenvalue weighted by Gasteiger charge is 2.27. The molecule has 0 saturated heterocycles. The molecular weight excluding hydrogens is 414 g/mol. The zero-order valence-corrected chi connectivity index (χ0v) is 19.2. The number of carbonyl (C=O) groups excluding carboxylic acids is 2. The van der Waals surface area contributed by atoms with Crippen molar-refractivity contribution in [2.24, 2.45) is 5.92 Å². The van der Waals surface area contributed by atoms with Gasteiger partial charge in [-0.05, 0) is 101 Å². The summed E-state index contributed by atoms with van der Waals surface area (Å²) >= 11 is 0. The molecule has 1 aromatic rings. The lowest BCUT2D eigenvalue weighted by molar-refractivity contribution is -0.157. The first kappa shape index (κ1) is 24.7. The van der Waals surface area contributed by atoms with Crippen LogP contribution < -0.4 is 0 Å². The first-order chi connectivity index (χ1) is 15.3. The lowest BCUT2D eigenvalue weighted by Crippen LogP contribution is -2.27. The van der Waals surface area contributed by atoms with Gasteiger partial charge in [0.25, 0.3) is 0 Å². The Labute approximate surface area is 190 Å². The molecule has 2 atom stereocenters. The van der Waals surface area contributed by atoms with Crippen LogP contribution in [0.2, 0.25) is 0 Å². The van der Waals surface area contributed by atoms with E-state index in [4.69, 9.17) is 9.47 Å². The normalized spacial score (nSPS) is 27.9. The molecule has 4 nitrogen and oxygen atoms in total. The van der Waals surface area contributed by atoms with Crippen LogP contribution >= 0.6 is 0 Å². The fourth-order valence-electron chi connectivity index (χ4n) is 4.90. The summed E-state index contributed by atoms with van der Waals surface area (Å²) in [5, 5.41) is 0. The smallest absolute Gasteiger partial charge is 0.340 e. The number of hydrogen-bond donors (Lipinski definition) is 0. The second-order valence-electron chi connectivity index (χ2n) is 9.50. The number of rotatable bonds is 8. The number of halogens is 2. The Kier molecular flexibility index (Phi) is 9.06. The molecule has 2 aliphatic rings. The molecule has 2 fully saturated rings. The van der Waals surface area contributed by atoms with E-state index in [-0.39, 0.29) is 12.2 Å². The van der Waals surface area contributed by atoms with Gasteiger partial charge in [-0.3, -0.25) is 0 Å². The molecule has 32 heavy (non-hydrogen) atoms. The van der Waals surface area contributed by atoms with Crippen LogP contribution in [0.3, 0.4) is 0 Å². The summed E-state index contributed by atoms with van der Waals surface area (Å²) in [7, 11) is 0. The number of hydrogen-bond acceptors (Lipinski definition) is 4. The standard InChI is InChI=1S/C26H36F2O4/c1-17(27)25(29)31-23-13-7-20(8-14-23)4-3-19-5-9-21(10-6-19)22-11-15-24(16-12-22)32-26(30)18(2)28/h5-6,9-10,17-18,20,22-24H,3-4,7-8,11-16H2,1-2H3/t17-,18-,20-,22-,23-,24-/m0/s1.